The highest BCUT2D eigenvalue weighted by Crippen LogP contribution is 2.05. The summed E-state index contributed by atoms with van der Waals surface area (Å²) in [6, 6.07) is 0. The van der Waals surface area contributed by atoms with E-state index in [-0.39, 0.29) is 31.0 Å². The Balaban J connectivity index is 2.52. The molecule has 2 N–H and O–H groups in total. The molecule has 0 radical (unpaired) electrons. The molecule has 0 bridgehead atoms. The molecule has 0 spiro atoms. The van der Waals surface area contributed by atoms with Crippen molar-refractivity contribution in [2.45, 2.75) is 13.0 Å². The van der Waals surface area contributed by atoms with Crippen LogP contribution >= 0.6 is 0 Å². The van der Waals surface area contributed by atoms with Crippen LogP contribution in [0.25, 0.3) is 0 Å². The molecule has 1 fully saturated rings. The van der Waals surface area contributed by atoms with Gasteiger partial charge in [-0.25, -0.2) is 0 Å². The van der Waals surface area contributed by atoms with Gasteiger partial charge in [-0.15, -0.1) is 0 Å². The minimum absolute atomic E-state index is 0.0492. The number of nitrogens with zero attached hydrogens (tertiary/aromatic N) is 2. The molecule has 1 aliphatic rings. The summed E-state index contributed by atoms with van der Waals surface area (Å²) in [4.78, 5) is 26.0. The second-order valence-electron chi connectivity index (χ2n) is 3.84. The van der Waals surface area contributed by atoms with Gasteiger partial charge >= 0.3 is 0 Å². The topological polar surface area (TPSA) is 75.9 Å². The Labute approximate surface area is 95.3 Å². The quantitative estimate of drug-likeness (QED) is 0.632. The number of nitrogens with two attached hydrogens (primary N) is 1. The van der Waals surface area contributed by atoms with Gasteiger partial charge in [0.05, 0.1) is 19.2 Å². The molecule has 1 unspecified atom stereocenters. The lowest BCUT2D eigenvalue weighted by Crippen LogP contribution is -2.54. The van der Waals surface area contributed by atoms with Gasteiger partial charge in [0.15, 0.2) is 0 Å². The van der Waals surface area contributed by atoms with Crippen molar-refractivity contribution >= 4 is 11.8 Å². The largest absolute Gasteiger partial charge is 0.375 e. The van der Waals surface area contributed by atoms with Crippen LogP contribution in [-0.4, -0.2) is 67.6 Å². The molecule has 0 aromatic heterocycles. The molecule has 0 aromatic carbocycles. The molecule has 1 rings (SSSR count). The summed E-state index contributed by atoms with van der Waals surface area (Å²) in [5, 5.41) is 0. The fraction of sp³-hybridized carbons (Fsp3) is 0.800. The van der Waals surface area contributed by atoms with Gasteiger partial charge in [0.2, 0.25) is 11.8 Å². The third kappa shape index (κ3) is 3.18. The molecule has 0 aromatic rings. The number of hydrogen-bond donors (Lipinski definition) is 1. The number of carbonyl (C=O) groups excluding carboxylic acids is 2. The molecular formula is C10H19N3O3. The Morgan fingerprint density at radius 2 is 2.06 bits per heavy atom. The maximum atomic E-state index is 11.6. The van der Waals surface area contributed by atoms with Crippen molar-refractivity contribution in [1.29, 1.82) is 0 Å². The van der Waals surface area contributed by atoms with E-state index in [0.717, 1.165) is 0 Å². The number of piperazine rings is 1. The molecule has 6 nitrogen and oxygen atoms in total. The van der Waals surface area contributed by atoms with Crippen molar-refractivity contribution in [2.24, 2.45) is 5.73 Å². The van der Waals surface area contributed by atoms with Gasteiger partial charge < -0.3 is 20.3 Å². The lowest BCUT2D eigenvalue weighted by atomic mass is 10.2. The van der Waals surface area contributed by atoms with Crippen LogP contribution in [0.5, 0.6) is 0 Å². The zero-order valence-corrected chi connectivity index (χ0v) is 9.81. The molecule has 1 atom stereocenters. The van der Waals surface area contributed by atoms with Gasteiger partial charge in [0.25, 0.3) is 0 Å². The summed E-state index contributed by atoms with van der Waals surface area (Å²) in [5.41, 5.74) is 5.53. The Morgan fingerprint density at radius 3 is 2.62 bits per heavy atom. The highest BCUT2D eigenvalue weighted by atomic mass is 16.5. The normalized spacial score (nSPS) is 19.2. The number of rotatable bonds is 5. The van der Waals surface area contributed by atoms with E-state index in [1.54, 1.807) is 7.05 Å². The van der Waals surface area contributed by atoms with Gasteiger partial charge in [-0.2, -0.15) is 0 Å². The van der Waals surface area contributed by atoms with Gasteiger partial charge in [-0.05, 0) is 6.92 Å². The van der Waals surface area contributed by atoms with E-state index in [2.05, 4.69) is 0 Å². The predicted molar refractivity (Wildman–Crippen MR) is 58.7 cm³/mol. The van der Waals surface area contributed by atoms with Gasteiger partial charge in [0, 0.05) is 26.7 Å². The van der Waals surface area contributed by atoms with Gasteiger partial charge in [-0.1, -0.05) is 0 Å². The van der Waals surface area contributed by atoms with Crippen LogP contribution in [0.1, 0.15) is 6.92 Å². The molecular weight excluding hydrogens is 210 g/mol. The lowest BCUT2D eigenvalue weighted by Gasteiger charge is -2.33. The summed E-state index contributed by atoms with van der Waals surface area (Å²) in [7, 11) is 1.63. The zero-order chi connectivity index (χ0) is 12.1. The number of hydrogen-bond acceptors (Lipinski definition) is 4. The van der Waals surface area contributed by atoms with Crippen LogP contribution in [-0.2, 0) is 14.3 Å². The molecule has 1 aliphatic heterocycles. The first-order valence-electron chi connectivity index (χ1n) is 5.41. The third-order valence-corrected chi connectivity index (χ3v) is 2.57. The van der Waals surface area contributed by atoms with E-state index in [0.29, 0.717) is 19.7 Å². The van der Waals surface area contributed by atoms with E-state index in [1.165, 1.54) is 9.80 Å². The average Bonchev–Trinajstić information content (AvgIpc) is 2.25. The monoisotopic (exact) mass is 229 g/mol. The van der Waals surface area contributed by atoms with Crippen molar-refractivity contribution in [3.05, 3.63) is 0 Å². The van der Waals surface area contributed by atoms with Crippen LogP contribution in [0.3, 0.4) is 0 Å². The number of ether oxygens (including phenoxy) is 1. The summed E-state index contributed by atoms with van der Waals surface area (Å²) >= 11 is 0. The lowest BCUT2D eigenvalue weighted by molar-refractivity contribution is -0.150. The van der Waals surface area contributed by atoms with E-state index in [4.69, 9.17) is 10.5 Å². The number of amides is 2. The van der Waals surface area contributed by atoms with Crippen LogP contribution in [0.4, 0.5) is 0 Å². The van der Waals surface area contributed by atoms with E-state index >= 15 is 0 Å². The Kier molecular flexibility index (Phi) is 4.70. The van der Waals surface area contributed by atoms with Gasteiger partial charge in [-0.3, -0.25) is 9.59 Å². The summed E-state index contributed by atoms with van der Waals surface area (Å²) in [5.74, 6) is -0.105. The third-order valence-electron chi connectivity index (χ3n) is 2.57. The summed E-state index contributed by atoms with van der Waals surface area (Å²) in [6.45, 7) is 3.43. The molecule has 0 aliphatic carbocycles. The predicted octanol–water partition coefficient (Wildman–Crippen LogP) is -1.35. The van der Waals surface area contributed by atoms with E-state index in [9.17, 15) is 9.59 Å². The van der Waals surface area contributed by atoms with Crippen LogP contribution in [0, 0.1) is 0 Å². The second kappa shape index (κ2) is 5.81. The summed E-state index contributed by atoms with van der Waals surface area (Å²) in [6.07, 6.45) is -0.190. The molecule has 0 saturated carbocycles. The highest BCUT2D eigenvalue weighted by Gasteiger charge is 2.28. The minimum Gasteiger partial charge on any atom is -0.375 e. The van der Waals surface area contributed by atoms with Crippen molar-refractivity contribution < 1.29 is 14.3 Å². The molecule has 1 saturated heterocycles. The fourth-order valence-corrected chi connectivity index (χ4v) is 1.61. The molecule has 92 valence electrons. The Morgan fingerprint density at radius 1 is 1.38 bits per heavy atom. The Bertz CT molecular complexity index is 270. The SMILES string of the molecule is CCOC(CN)CN1CC(=O)N(C)CC1=O. The zero-order valence-electron chi connectivity index (χ0n) is 9.81. The van der Waals surface area contributed by atoms with Crippen LogP contribution in [0.2, 0.25) is 0 Å². The van der Waals surface area contributed by atoms with E-state index in [1.807, 2.05) is 6.92 Å². The van der Waals surface area contributed by atoms with Crippen molar-refractivity contribution in [3.8, 4) is 0 Å². The molecule has 1 heterocycles. The number of carbonyl (C=O) groups is 2. The van der Waals surface area contributed by atoms with Gasteiger partial charge in [0.1, 0.15) is 0 Å². The molecule has 6 heteroatoms. The average molecular weight is 229 g/mol. The summed E-state index contributed by atoms with van der Waals surface area (Å²) < 4.78 is 5.36. The number of likely N-dealkylation sites (N-methyl/N-ethyl adjacent to an activating group) is 1. The first-order chi connectivity index (χ1) is 7.58. The maximum Gasteiger partial charge on any atom is 0.242 e. The first-order valence-corrected chi connectivity index (χ1v) is 5.41. The van der Waals surface area contributed by atoms with Crippen LogP contribution < -0.4 is 5.73 Å². The second-order valence-corrected chi connectivity index (χ2v) is 3.84. The van der Waals surface area contributed by atoms with Crippen molar-refractivity contribution in [3.63, 3.8) is 0 Å². The molecule has 16 heavy (non-hydrogen) atoms. The Hall–Kier alpha value is -1.14. The first kappa shape index (κ1) is 12.9. The van der Waals surface area contributed by atoms with E-state index < -0.39 is 0 Å². The highest BCUT2D eigenvalue weighted by molar-refractivity contribution is 5.92. The molecule has 2 amide bonds. The standard InChI is InChI=1S/C10H19N3O3/c1-3-16-8(4-11)5-13-7-9(14)12(2)6-10(13)15/h8H,3-7,11H2,1-2H3. The smallest absolute Gasteiger partial charge is 0.242 e. The minimum atomic E-state index is -0.190. The maximum absolute atomic E-state index is 11.6. The van der Waals surface area contributed by atoms with Crippen molar-refractivity contribution in [1.82, 2.24) is 9.80 Å². The van der Waals surface area contributed by atoms with Crippen LogP contribution in [0.15, 0.2) is 0 Å². The fourth-order valence-electron chi connectivity index (χ4n) is 1.61. The van der Waals surface area contributed by atoms with Crippen molar-refractivity contribution in [2.75, 3.05) is 39.8 Å².